The molecule has 1 aromatic rings. The summed E-state index contributed by atoms with van der Waals surface area (Å²) >= 11 is 1.67. The highest BCUT2D eigenvalue weighted by Crippen LogP contribution is 2.33. The van der Waals surface area contributed by atoms with Crippen molar-refractivity contribution in [2.24, 2.45) is 0 Å². The van der Waals surface area contributed by atoms with Gasteiger partial charge >= 0.3 is 0 Å². The van der Waals surface area contributed by atoms with Gasteiger partial charge in [-0.3, -0.25) is 14.4 Å². The second kappa shape index (κ2) is 11.5. The molecule has 3 fully saturated rings. The summed E-state index contributed by atoms with van der Waals surface area (Å²) in [5.74, 6) is 2.34. The molecular formula is C28H39N5O3S. The van der Waals surface area contributed by atoms with E-state index in [0.29, 0.717) is 25.0 Å². The molecule has 2 saturated heterocycles. The highest BCUT2D eigenvalue weighted by molar-refractivity contribution is 7.11. The van der Waals surface area contributed by atoms with Crippen LogP contribution < -0.4 is 5.32 Å². The van der Waals surface area contributed by atoms with E-state index in [1.165, 1.54) is 25.7 Å². The second-order valence-corrected chi connectivity index (χ2v) is 12.3. The number of nitrogens with one attached hydrogen (secondary N) is 1. The molecule has 200 valence electrons. The summed E-state index contributed by atoms with van der Waals surface area (Å²) in [5, 5.41) is 3.95. The topological polar surface area (TPSA) is 85.8 Å². The van der Waals surface area contributed by atoms with Crippen LogP contribution in [0.25, 0.3) is 0 Å². The Bertz CT molecular complexity index is 1040. The molecule has 5 heterocycles. The summed E-state index contributed by atoms with van der Waals surface area (Å²) in [5.41, 5.74) is 0.831. The van der Waals surface area contributed by atoms with Gasteiger partial charge in [-0.2, -0.15) is 0 Å². The number of carbonyl (C=O) groups excluding carboxylic acids is 3. The Labute approximate surface area is 224 Å². The zero-order valence-corrected chi connectivity index (χ0v) is 22.7. The molecule has 0 aromatic carbocycles. The van der Waals surface area contributed by atoms with Crippen molar-refractivity contribution in [3.05, 3.63) is 15.6 Å². The van der Waals surface area contributed by atoms with E-state index in [1.54, 1.807) is 16.2 Å². The minimum atomic E-state index is -0.756. The Morgan fingerprint density at radius 1 is 1.00 bits per heavy atom. The number of likely N-dealkylation sites (tertiary alicyclic amines) is 1. The fourth-order valence-corrected chi connectivity index (χ4v) is 7.67. The van der Waals surface area contributed by atoms with Gasteiger partial charge in [0.15, 0.2) is 0 Å². The number of piperidine rings is 2. The lowest BCUT2D eigenvalue weighted by molar-refractivity contribution is -0.141. The van der Waals surface area contributed by atoms with E-state index < -0.39 is 6.04 Å². The average molecular weight is 526 g/mol. The van der Waals surface area contributed by atoms with Gasteiger partial charge in [0, 0.05) is 55.5 Å². The normalized spacial score (nSPS) is 27.2. The number of nitrogens with zero attached hydrogens (tertiary/aromatic N) is 4. The molecule has 8 nitrogen and oxygen atoms in total. The zero-order chi connectivity index (χ0) is 25.9. The van der Waals surface area contributed by atoms with Crippen LogP contribution in [0.4, 0.5) is 0 Å². The molecule has 0 radical (unpaired) electrons. The van der Waals surface area contributed by atoms with E-state index in [4.69, 9.17) is 11.4 Å². The van der Waals surface area contributed by atoms with E-state index in [0.717, 1.165) is 54.4 Å². The van der Waals surface area contributed by atoms with Crippen molar-refractivity contribution in [2.75, 3.05) is 32.7 Å². The van der Waals surface area contributed by atoms with Crippen molar-refractivity contribution in [1.82, 2.24) is 25.0 Å². The van der Waals surface area contributed by atoms with E-state index >= 15 is 0 Å². The van der Waals surface area contributed by atoms with Crippen molar-refractivity contribution < 1.29 is 14.4 Å². The molecule has 4 bridgehead atoms. The Morgan fingerprint density at radius 2 is 1.70 bits per heavy atom. The molecule has 1 N–H and O–H groups in total. The molecule has 1 aliphatic carbocycles. The molecule has 9 heteroatoms. The van der Waals surface area contributed by atoms with E-state index in [9.17, 15) is 14.4 Å². The first kappa shape index (κ1) is 26.2. The lowest BCUT2D eigenvalue weighted by Crippen LogP contribution is -2.55. The SMILES string of the molecule is C#CC[C@H]1NC(=O)CN(C2CCN(C3CCCC3)CC2)C(=O)Cc2nc(sc2C)C2CCN(CC2)C1=O. The number of fused-ring (bicyclic) bond motifs is 9. The molecule has 1 aromatic heterocycles. The minimum Gasteiger partial charge on any atom is -0.342 e. The fourth-order valence-electron chi connectivity index (χ4n) is 6.57. The molecule has 1 atom stereocenters. The van der Waals surface area contributed by atoms with Crippen LogP contribution in [0.1, 0.15) is 79.3 Å². The van der Waals surface area contributed by atoms with E-state index in [1.807, 2.05) is 11.8 Å². The Balaban J connectivity index is 1.38. The maximum atomic E-state index is 13.7. The van der Waals surface area contributed by atoms with Gasteiger partial charge in [0.2, 0.25) is 17.7 Å². The molecule has 37 heavy (non-hydrogen) atoms. The number of thiazole rings is 1. The van der Waals surface area contributed by atoms with Crippen molar-refractivity contribution in [1.29, 1.82) is 0 Å². The monoisotopic (exact) mass is 525 g/mol. The molecule has 0 spiro atoms. The molecule has 3 amide bonds. The van der Waals surface area contributed by atoms with Crippen LogP contribution in [0.2, 0.25) is 0 Å². The molecule has 4 aliphatic heterocycles. The van der Waals surface area contributed by atoms with Gasteiger partial charge in [0.05, 0.1) is 23.7 Å². The molecule has 1 saturated carbocycles. The smallest absolute Gasteiger partial charge is 0.246 e. The van der Waals surface area contributed by atoms with Crippen LogP contribution in [0.3, 0.4) is 0 Å². The number of hydrogen-bond donors (Lipinski definition) is 1. The average Bonchev–Trinajstić information content (AvgIpc) is 3.57. The first-order valence-corrected chi connectivity index (χ1v) is 14.8. The molecule has 5 aliphatic rings. The maximum Gasteiger partial charge on any atom is 0.246 e. The number of amides is 3. The van der Waals surface area contributed by atoms with Crippen LogP contribution in [-0.2, 0) is 20.8 Å². The molecule has 0 unspecified atom stereocenters. The number of carbonyl (C=O) groups is 3. The largest absolute Gasteiger partial charge is 0.342 e. The van der Waals surface area contributed by atoms with Gasteiger partial charge in [0.1, 0.15) is 6.04 Å². The third-order valence-electron chi connectivity index (χ3n) is 8.75. The second-order valence-electron chi connectivity index (χ2n) is 11.1. The number of rotatable bonds is 3. The molecular weight excluding hydrogens is 486 g/mol. The van der Waals surface area contributed by atoms with Crippen molar-refractivity contribution in [3.8, 4) is 12.3 Å². The summed E-state index contributed by atoms with van der Waals surface area (Å²) in [6.07, 6.45) is 14.4. The summed E-state index contributed by atoms with van der Waals surface area (Å²) in [4.78, 5) is 52.4. The molecule has 6 rings (SSSR count). The van der Waals surface area contributed by atoms with Gasteiger partial charge in [-0.15, -0.1) is 23.7 Å². The van der Waals surface area contributed by atoms with Gasteiger partial charge in [-0.05, 0) is 45.4 Å². The summed E-state index contributed by atoms with van der Waals surface area (Å²) in [6.45, 7) is 5.13. The zero-order valence-electron chi connectivity index (χ0n) is 21.9. The first-order chi connectivity index (χ1) is 17.9. The Hall–Kier alpha value is -2.44. The van der Waals surface area contributed by atoms with E-state index in [2.05, 4.69) is 16.1 Å². The van der Waals surface area contributed by atoms with Gasteiger partial charge in [0.25, 0.3) is 0 Å². The van der Waals surface area contributed by atoms with Crippen LogP contribution in [0.15, 0.2) is 0 Å². The number of aryl methyl sites for hydroxylation is 1. The third-order valence-corrected chi connectivity index (χ3v) is 9.93. The van der Waals surface area contributed by atoms with Crippen molar-refractivity contribution in [2.45, 2.75) is 95.2 Å². The van der Waals surface area contributed by atoms with Gasteiger partial charge < -0.3 is 20.0 Å². The summed E-state index contributed by atoms with van der Waals surface area (Å²) in [7, 11) is 0. The standard InChI is InChI=1S/C28H39N5O3S/c1-3-6-23-28(36)32-13-9-20(10-14-32)27-30-24(19(2)37-27)17-26(35)33(18-25(34)29-23)22-11-15-31(16-12-22)21-7-4-5-8-21/h1,20-23H,4-18H2,2H3,(H,29,34)/t23-/m1/s1. The number of aromatic nitrogens is 1. The Kier molecular flexibility index (Phi) is 8.15. The highest BCUT2D eigenvalue weighted by atomic mass is 32.1. The summed E-state index contributed by atoms with van der Waals surface area (Å²) < 4.78 is 0. The van der Waals surface area contributed by atoms with Crippen LogP contribution in [0.5, 0.6) is 0 Å². The summed E-state index contributed by atoms with van der Waals surface area (Å²) in [6, 6.07) is -0.0833. The van der Waals surface area contributed by atoms with Crippen LogP contribution in [0, 0.1) is 19.3 Å². The fraction of sp³-hybridized carbons (Fsp3) is 0.714. The highest BCUT2D eigenvalue weighted by Gasteiger charge is 2.35. The Morgan fingerprint density at radius 3 is 2.38 bits per heavy atom. The predicted molar refractivity (Wildman–Crippen MR) is 143 cm³/mol. The van der Waals surface area contributed by atoms with Crippen molar-refractivity contribution in [3.63, 3.8) is 0 Å². The van der Waals surface area contributed by atoms with Gasteiger partial charge in [-0.1, -0.05) is 12.8 Å². The predicted octanol–water partition coefficient (Wildman–Crippen LogP) is 2.46. The minimum absolute atomic E-state index is 0.00622. The van der Waals surface area contributed by atoms with Crippen LogP contribution >= 0.6 is 11.3 Å². The lowest BCUT2D eigenvalue weighted by atomic mass is 9.96. The third kappa shape index (κ3) is 5.85. The lowest BCUT2D eigenvalue weighted by Gasteiger charge is -2.40. The number of hydrogen-bond acceptors (Lipinski definition) is 6. The number of terminal acetylenes is 1. The quantitative estimate of drug-likeness (QED) is 0.613. The van der Waals surface area contributed by atoms with Crippen LogP contribution in [-0.4, -0.2) is 88.3 Å². The van der Waals surface area contributed by atoms with Crippen molar-refractivity contribution >= 4 is 29.1 Å². The van der Waals surface area contributed by atoms with Gasteiger partial charge in [-0.25, -0.2) is 4.98 Å². The first-order valence-electron chi connectivity index (χ1n) is 13.9. The van der Waals surface area contributed by atoms with E-state index in [-0.39, 0.29) is 43.1 Å². The maximum absolute atomic E-state index is 13.7.